The minimum Gasteiger partial charge on any atom is -0.466 e. The lowest BCUT2D eigenvalue weighted by Gasteiger charge is -2.22. The fourth-order valence-corrected chi connectivity index (χ4v) is 8.06. The lowest BCUT2D eigenvalue weighted by molar-refractivity contribution is -0.159. The molecule has 0 spiro atoms. The molecule has 0 aliphatic heterocycles. The molecule has 13 heteroatoms. The van der Waals surface area contributed by atoms with Crippen LogP contribution < -0.4 is 0 Å². The monoisotopic (exact) mass is 1030 g/mol. The molecule has 0 N–H and O–H groups in total. The number of unbranched alkanes of at least 4 members (excludes halogenated alkanes) is 16. The summed E-state index contributed by atoms with van der Waals surface area (Å²) in [6.45, 7) is 14.8. The molecule has 416 valence electrons. The number of allylic oxidation sites excluding steroid dienone is 8. The van der Waals surface area contributed by atoms with Gasteiger partial charge >= 0.3 is 11.9 Å². The molecule has 0 fully saturated rings. The molecule has 0 aromatic heterocycles. The summed E-state index contributed by atoms with van der Waals surface area (Å²) in [5, 5.41) is 0. The highest BCUT2D eigenvalue weighted by Gasteiger charge is 2.15. The molecule has 71 heavy (non-hydrogen) atoms. The Morgan fingerprint density at radius 2 is 0.704 bits per heavy atom. The maximum Gasteiger partial charge on any atom is 0.305 e. The van der Waals surface area contributed by atoms with Gasteiger partial charge in [0.05, 0.1) is 38.9 Å². The summed E-state index contributed by atoms with van der Waals surface area (Å²) in [4.78, 5) is 27.6. The number of ether oxygens (including phenoxy) is 6. The van der Waals surface area contributed by atoms with E-state index in [0.717, 1.165) is 193 Å². The van der Waals surface area contributed by atoms with Crippen LogP contribution in [0.1, 0.15) is 227 Å². The molecular weight excluding hydrogens is 919 g/mol. The van der Waals surface area contributed by atoms with Gasteiger partial charge in [0.15, 0.2) is 12.6 Å². The summed E-state index contributed by atoms with van der Waals surface area (Å²) >= 11 is 0. The normalized spacial score (nSPS) is 12.5. The van der Waals surface area contributed by atoms with Gasteiger partial charge in [-0.15, -0.1) is 0 Å². The fraction of sp³-hybridized carbons (Fsp3) is 0.828. The Morgan fingerprint density at radius 1 is 0.394 bits per heavy atom. The van der Waals surface area contributed by atoms with E-state index in [1.54, 1.807) is 0 Å². The van der Waals surface area contributed by atoms with Crippen molar-refractivity contribution in [3.8, 4) is 0 Å². The first-order chi connectivity index (χ1) is 34.6. The quantitative estimate of drug-likeness (QED) is 0.0189. The molecule has 0 aromatic carbocycles. The third-order valence-electron chi connectivity index (χ3n) is 11.7. The van der Waals surface area contributed by atoms with E-state index >= 15 is 0 Å². The molecule has 0 bridgehead atoms. The third kappa shape index (κ3) is 53.7. The lowest BCUT2D eigenvalue weighted by Crippen LogP contribution is -2.28. The predicted molar refractivity (Wildman–Crippen MR) is 293 cm³/mol. The Morgan fingerprint density at radius 3 is 1.04 bits per heavy atom. The van der Waals surface area contributed by atoms with Crippen molar-refractivity contribution in [3.63, 3.8) is 0 Å². The number of rotatable bonds is 55. The van der Waals surface area contributed by atoms with E-state index in [1.165, 1.54) is 0 Å². The van der Waals surface area contributed by atoms with Crippen molar-refractivity contribution in [2.75, 3.05) is 72.1 Å². The van der Waals surface area contributed by atoms with Crippen molar-refractivity contribution in [2.24, 2.45) is 0 Å². The van der Waals surface area contributed by atoms with Gasteiger partial charge in [0.25, 0.3) is 10.1 Å². The first-order valence-electron chi connectivity index (χ1n) is 28.6. The van der Waals surface area contributed by atoms with Crippen LogP contribution in [0.4, 0.5) is 0 Å². The van der Waals surface area contributed by atoms with Gasteiger partial charge < -0.3 is 33.3 Å². The van der Waals surface area contributed by atoms with Crippen LogP contribution in [0.2, 0.25) is 0 Å². The van der Waals surface area contributed by atoms with E-state index in [2.05, 4.69) is 81.2 Å². The Hall–Kier alpha value is -2.39. The fourth-order valence-electron chi connectivity index (χ4n) is 7.64. The second-order valence-corrected chi connectivity index (χ2v) is 20.3. The van der Waals surface area contributed by atoms with Gasteiger partial charge in [-0.05, 0) is 148 Å². The van der Waals surface area contributed by atoms with Gasteiger partial charge in [-0.3, -0.25) is 13.8 Å². The van der Waals surface area contributed by atoms with Gasteiger partial charge in [0.1, 0.15) is 0 Å². The van der Waals surface area contributed by atoms with Crippen LogP contribution in [0.15, 0.2) is 48.6 Å². The van der Waals surface area contributed by atoms with Crippen molar-refractivity contribution in [2.45, 2.75) is 239 Å². The SMILES string of the molecule is CC/C=C\CCCCOC(CCC(=O)OCCCCCCCN(CCCCCCCOC(=O)CCC(OCCCC/C=C\CC)OCCCC/C=C\CC)CCCOS(C)(=O)=O)OCCCC/C=C\CC. The number of hydrogen-bond acceptors (Lipinski definition) is 12. The summed E-state index contributed by atoms with van der Waals surface area (Å²) < 4.78 is 63.4. The van der Waals surface area contributed by atoms with Crippen LogP contribution >= 0.6 is 0 Å². The molecule has 12 nitrogen and oxygen atoms in total. The number of nitrogens with zero attached hydrogens (tertiary/aromatic N) is 1. The zero-order chi connectivity index (χ0) is 52.0. The molecule has 0 rings (SSSR count). The summed E-state index contributed by atoms with van der Waals surface area (Å²) in [7, 11) is -3.45. The maximum atomic E-state index is 12.6. The zero-order valence-corrected chi connectivity index (χ0v) is 46.9. The average molecular weight is 1030 g/mol. The average Bonchev–Trinajstić information content (AvgIpc) is 3.35. The van der Waals surface area contributed by atoms with E-state index in [4.69, 9.17) is 32.6 Å². The van der Waals surface area contributed by atoms with E-state index in [1.807, 2.05) is 0 Å². The Bertz CT molecular complexity index is 1270. The minimum absolute atomic E-state index is 0.191. The van der Waals surface area contributed by atoms with E-state index < -0.39 is 10.1 Å². The highest BCUT2D eigenvalue weighted by Crippen LogP contribution is 2.14. The number of esters is 2. The van der Waals surface area contributed by atoms with E-state index in [9.17, 15) is 18.0 Å². The molecule has 0 saturated heterocycles. The number of carbonyl (C=O) groups excluding carboxylic acids is 2. The van der Waals surface area contributed by atoms with Crippen molar-refractivity contribution >= 4 is 22.1 Å². The highest BCUT2D eigenvalue weighted by atomic mass is 32.2. The van der Waals surface area contributed by atoms with E-state index in [-0.39, 0.29) is 44.0 Å². The van der Waals surface area contributed by atoms with Crippen LogP contribution in [0.5, 0.6) is 0 Å². The van der Waals surface area contributed by atoms with Crippen molar-refractivity contribution in [3.05, 3.63) is 48.6 Å². The van der Waals surface area contributed by atoms with Crippen LogP contribution in [0, 0.1) is 0 Å². The van der Waals surface area contributed by atoms with Gasteiger partial charge in [-0.1, -0.05) is 115 Å². The first-order valence-corrected chi connectivity index (χ1v) is 30.4. The van der Waals surface area contributed by atoms with Crippen LogP contribution in [-0.4, -0.2) is 110 Å². The molecule has 0 aromatic rings. The van der Waals surface area contributed by atoms with Gasteiger partial charge in [0, 0.05) is 45.8 Å². The summed E-state index contributed by atoms with van der Waals surface area (Å²) in [6.07, 6.45) is 47.0. The molecule has 0 aliphatic rings. The Kier molecular flexibility index (Phi) is 52.1. The highest BCUT2D eigenvalue weighted by molar-refractivity contribution is 7.85. The van der Waals surface area contributed by atoms with Crippen LogP contribution in [0.25, 0.3) is 0 Å². The number of carbonyl (C=O) groups is 2. The maximum absolute atomic E-state index is 12.6. The predicted octanol–water partition coefficient (Wildman–Crippen LogP) is 14.5. The summed E-state index contributed by atoms with van der Waals surface area (Å²) in [5.74, 6) is -0.395. The summed E-state index contributed by atoms with van der Waals surface area (Å²) in [6, 6.07) is 0. The smallest absolute Gasteiger partial charge is 0.305 e. The number of hydrogen-bond donors (Lipinski definition) is 0. The molecule has 0 radical (unpaired) electrons. The first kappa shape index (κ1) is 68.6. The molecule has 0 aliphatic carbocycles. The standard InChI is InChI=1S/C58H107NO11S/c1-6-10-14-18-26-36-50-66-57(67-51-37-27-19-15-11-7-2)43-41-55(60)64-48-34-30-22-24-32-45-59(47-40-54-70-71(5,62)63)46-33-25-23-31-35-49-65-56(61)42-44-58(68-52-38-28-20-16-12-8-3)69-53-39-29-21-17-13-9-4/h10-17,57-58H,6-9,18-54H2,1-5H3/b14-10-,15-11-,16-12-,17-13-. The van der Waals surface area contributed by atoms with Crippen molar-refractivity contribution < 1.29 is 50.6 Å². The molecule has 0 saturated carbocycles. The molecule has 0 amide bonds. The second kappa shape index (κ2) is 53.9. The zero-order valence-electron chi connectivity index (χ0n) is 46.1. The Balaban J connectivity index is 4.50. The lowest BCUT2D eigenvalue weighted by atomic mass is 10.1. The van der Waals surface area contributed by atoms with Crippen molar-refractivity contribution in [1.82, 2.24) is 4.90 Å². The minimum atomic E-state index is -3.45. The van der Waals surface area contributed by atoms with Gasteiger partial charge in [-0.25, -0.2) is 0 Å². The van der Waals surface area contributed by atoms with Gasteiger partial charge in [-0.2, -0.15) is 8.42 Å². The third-order valence-corrected chi connectivity index (χ3v) is 12.3. The van der Waals surface area contributed by atoms with Gasteiger partial charge in [0.2, 0.25) is 0 Å². The molecule has 0 heterocycles. The molecule has 0 unspecified atom stereocenters. The topological polar surface area (TPSA) is 136 Å². The largest absolute Gasteiger partial charge is 0.466 e. The van der Waals surface area contributed by atoms with E-state index in [0.29, 0.717) is 58.9 Å². The Labute approximate surface area is 435 Å². The van der Waals surface area contributed by atoms with Crippen molar-refractivity contribution in [1.29, 1.82) is 0 Å². The second-order valence-electron chi connectivity index (χ2n) is 18.6. The molecular formula is C58H107NO11S. The van der Waals surface area contributed by atoms with Crippen LogP contribution in [0.3, 0.4) is 0 Å². The summed E-state index contributed by atoms with van der Waals surface area (Å²) in [5.41, 5.74) is 0. The molecule has 0 atom stereocenters. The van der Waals surface area contributed by atoms with Crippen LogP contribution in [-0.2, 0) is 52.3 Å².